The number of nitrogens with one attached hydrogen (secondary N) is 1. The van der Waals surface area contributed by atoms with Crippen LogP contribution in [0.15, 0.2) is 88.8 Å². The van der Waals surface area contributed by atoms with Gasteiger partial charge in [0.1, 0.15) is 10.8 Å². The Labute approximate surface area is 183 Å². The fraction of sp³-hybridized carbons (Fsp3) is 0.0833. The van der Waals surface area contributed by atoms with Crippen LogP contribution in [0.2, 0.25) is 5.02 Å². The van der Waals surface area contributed by atoms with Crippen molar-refractivity contribution in [1.82, 2.24) is 10.3 Å². The second kappa shape index (κ2) is 9.28. The smallest absolute Gasteiger partial charge is 0.252 e. The van der Waals surface area contributed by atoms with Crippen molar-refractivity contribution in [2.24, 2.45) is 0 Å². The zero-order valence-corrected chi connectivity index (χ0v) is 17.5. The van der Waals surface area contributed by atoms with Gasteiger partial charge in [-0.1, -0.05) is 53.7 Å². The van der Waals surface area contributed by atoms with Crippen LogP contribution < -0.4 is 5.32 Å². The van der Waals surface area contributed by atoms with E-state index in [9.17, 15) is 9.18 Å². The highest BCUT2D eigenvalue weighted by Gasteiger charge is 2.13. The lowest BCUT2D eigenvalue weighted by atomic mass is 10.1. The molecule has 1 N–H and O–H groups in total. The summed E-state index contributed by atoms with van der Waals surface area (Å²) in [5.41, 5.74) is 2.42. The Morgan fingerprint density at radius 2 is 1.73 bits per heavy atom. The summed E-state index contributed by atoms with van der Waals surface area (Å²) in [6, 6.07) is 23.1. The van der Waals surface area contributed by atoms with Crippen LogP contribution in [0.3, 0.4) is 0 Å². The van der Waals surface area contributed by atoms with Gasteiger partial charge in [0, 0.05) is 21.8 Å². The first-order valence-electron chi connectivity index (χ1n) is 9.44. The third-order valence-electron chi connectivity index (χ3n) is 4.59. The van der Waals surface area contributed by atoms with Crippen LogP contribution in [0.1, 0.15) is 15.9 Å². The molecule has 3 nitrogen and oxygen atoms in total. The fourth-order valence-corrected chi connectivity index (χ4v) is 4.04. The summed E-state index contributed by atoms with van der Waals surface area (Å²) in [6.45, 7) is 0.511. The van der Waals surface area contributed by atoms with Crippen LogP contribution in [0.25, 0.3) is 10.9 Å². The van der Waals surface area contributed by atoms with Crippen LogP contribution in [0.5, 0.6) is 0 Å². The average Bonchev–Trinajstić information content (AvgIpc) is 2.76. The normalized spacial score (nSPS) is 10.9. The molecule has 1 aromatic heterocycles. The summed E-state index contributed by atoms with van der Waals surface area (Å²) in [5, 5.41) is 5.17. The van der Waals surface area contributed by atoms with Gasteiger partial charge in [0.25, 0.3) is 5.91 Å². The number of carbonyl (C=O) groups is 1. The van der Waals surface area contributed by atoms with Crippen molar-refractivity contribution in [2.75, 3.05) is 6.54 Å². The van der Waals surface area contributed by atoms with Crippen LogP contribution in [-0.4, -0.2) is 17.4 Å². The minimum atomic E-state index is -0.286. The number of benzene rings is 3. The van der Waals surface area contributed by atoms with E-state index in [4.69, 9.17) is 11.6 Å². The number of fused-ring (bicyclic) bond motifs is 1. The van der Waals surface area contributed by atoms with E-state index in [2.05, 4.69) is 10.3 Å². The number of amides is 1. The molecule has 0 radical (unpaired) electrons. The molecule has 4 aromatic rings. The number of carbonyl (C=O) groups excluding carboxylic acids is 1. The van der Waals surface area contributed by atoms with Gasteiger partial charge < -0.3 is 5.32 Å². The highest BCUT2D eigenvalue weighted by molar-refractivity contribution is 7.99. The number of halogens is 2. The maximum atomic E-state index is 13.2. The van der Waals surface area contributed by atoms with Gasteiger partial charge in [-0.25, -0.2) is 9.37 Å². The maximum Gasteiger partial charge on any atom is 0.252 e. The van der Waals surface area contributed by atoms with E-state index < -0.39 is 0 Å². The van der Waals surface area contributed by atoms with Crippen molar-refractivity contribution in [3.05, 3.63) is 101 Å². The maximum absolute atomic E-state index is 13.2. The molecule has 30 heavy (non-hydrogen) atoms. The molecule has 0 saturated carbocycles. The second-order valence-electron chi connectivity index (χ2n) is 6.71. The highest BCUT2D eigenvalue weighted by atomic mass is 35.5. The molecule has 0 atom stereocenters. The molecular formula is C24H18ClFN2OS. The standard InChI is InChI=1S/C24H18ClFN2OS/c25-17-7-5-16(6-8-17)13-14-27-24(29)21-15-23(28-22-4-2-1-3-20(21)22)30-19-11-9-18(26)10-12-19/h1-12,15H,13-14H2,(H,27,29). The zero-order chi connectivity index (χ0) is 20.9. The molecule has 3 aromatic carbocycles. The van der Waals surface area contributed by atoms with E-state index in [1.165, 1.54) is 23.9 Å². The van der Waals surface area contributed by atoms with Crippen molar-refractivity contribution in [3.63, 3.8) is 0 Å². The average molecular weight is 437 g/mol. The first-order chi connectivity index (χ1) is 14.6. The number of nitrogens with zero attached hydrogens (tertiary/aromatic N) is 1. The summed E-state index contributed by atoms with van der Waals surface area (Å²) in [7, 11) is 0. The van der Waals surface area contributed by atoms with E-state index in [1.54, 1.807) is 18.2 Å². The van der Waals surface area contributed by atoms with Gasteiger partial charge in [0.15, 0.2) is 0 Å². The Bertz CT molecular complexity index is 1180. The minimum absolute atomic E-state index is 0.150. The van der Waals surface area contributed by atoms with Crippen molar-refractivity contribution in [3.8, 4) is 0 Å². The first-order valence-corrected chi connectivity index (χ1v) is 10.6. The second-order valence-corrected chi connectivity index (χ2v) is 8.24. The summed E-state index contributed by atoms with van der Waals surface area (Å²) in [5.74, 6) is -0.435. The Morgan fingerprint density at radius 3 is 2.50 bits per heavy atom. The van der Waals surface area contributed by atoms with Gasteiger partial charge in [-0.05, 0) is 60.5 Å². The lowest BCUT2D eigenvalue weighted by Gasteiger charge is -2.10. The summed E-state index contributed by atoms with van der Waals surface area (Å²) in [6.07, 6.45) is 0.711. The predicted molar refractivity (Wildman–Crippen MR) is 120 cm³/mol. The molecule has 6 heteroatoms. The topological polar surface area (TPSA) is 42.0 Å². The van der Waals surface area contributed by atoms with Crippen molar-refractivity contribution in [1.29, 1.82) is 0 Å². The van der Waals surface area contributed by atoms with Gasteiger partial charge in [-0.15, -0.1) is 0 Å². The van der Waals surface area contributed by atoms with Crippen molar-refractivity contribution in [2.45, 2.75) is 16.3 Å². The van der Waals surface area contributed by atoms with Gasteiger partial charge >= 0.3 is 0 Å². The Morgan fingerprint density at radius 1 is 1.00 bits per heavy atom. The van der Waals surface area contributed by atoms with Crippen LogP contribution in [0.4, 0.5) is 4.39 Å². The third-order valence-corrected chi connectivity index (χ3v) is 5.76. The Hall–Kier alpha value is -2.89. The molecule has 0 aliphatic rings. The quantitative estimate of drug-likeness (QED) is 0.394. The summed E-state index contributed by atoms with van der Waals surface area (Å²) in [4.78, 5) is 18.4. The molecule has 1 heterocycles. The minimum Gasteiger partial charge on any atom is -0.352 e. The summed E-state index contributed by atoms with van der Waals surface area (Å²) < 4.78 is 13.2. The van der Waals surface area contributed by atoms with Crippen LogP contribution in [0, 0.1) is 5.82 Å². The van der Waals surface area contributed by atoms with E-state index in [0.29, 0.717) is 28.6 Å². The molecule has 0 aliphatic carbocycles. The number of aromatic nitrogens is 1. The number of rotatable bonds is 6. The van der Waals surface area contributed by atoms with Crippen LogP contribution >= 0.6 is 23.4 Å². The predicted octanol–water partition coefficient (Wildman–Crippen LogP) is 6.15. The molecule has 4 rings (SSSR count). The Balaban J connectivity index is 1.54. The third kappa shape index (κ3) is 4.99. The number of pyridine rings is 1. The van der Waals surface area contributed by atoms with E-state index in [0.717, 1.165) is 21.4 Å². The number of hydrogen-bond donors (Lipinski definition) is 1. The number of para-hydroxylation sites is 1. The van der Waals surface area contributed by atoms with Crippen molar-refractivity contribution >= 4 is 40.2 Å². The Kier molecular flexibility index (Phi) is 6.31. The van der Waals surface area contributed by atoms with Crippen molar-refractivity contribution < 1.29 is 9.18 Å². The van der Waals surface area contributed by atoms with E-state index >= 15 is 0 Å². The van der Waals surface area contributed by atoms with Crippen LogP contribution in [-0.2, 0) is 6.42 Å². The van der Waals surface area contributed by atoms with Gasteiger partial charge in [-0.3, -0.25) is 4.79 Å². The lowest BCUT2D eigenvalue weighted by Crippen LogP contribution is -2.26. The molecule has 0 fully saturated rings. The van der Waals surface area contributed by atoms with Gasteiger partial charge in [-0.2, -0.15) is 0 Å². The van der Waals surface area contributed by atoms with Gasteiger partial charge in [0.2, 0.25) is 0 Å². The molecule has 0 unspecified atom stereocenters. The molecule has 150 valence electrons. The molecular weight excluding hydrogens is 419 g/mol. The molecule has 1 amide bonds. The summed E-state index contributed by atoms with van der Waals surface area (Å²) >= 11 is 7.31. The monoisotopic (exact) mass is 436 g/mol. The van der Waals surface area contributed by atoms with Gasteiger partial charge in [0.05, 0.1) is 11.1 Å². The zero-order valence-electron chi connectivity index (χ0n) is 15.9. The van der Waals surface area contributed by atoms with E-state index in [1.807, 2.05) is 48.5 Å². The molecule has 0 bridgehead atoms. The first kappa shape index (κ1) is 20.4. The molecule has 0 saturated heterocycles. The lowest BCUT2D eigenvalue weighted by molar-refractivity contribution is 0.0955. The molecule has 0 spiro atoms. The fourth-order valence-electron chi connectivity index (χ4n) is 3.08. The SMILES string of the molecule is O=C(NCCc1ccc(Cl)cc1)c1cc(Sc2ccc(F)cc2)nc2ccccc12. The molecule has 0 aliphatic heterocycles. The van der Waals surface area contributed by atoms with E-state index in [-0.39, 0.29) is 11.7 Å². The largest absolute Gasteiger partial charge is 0.352 e. The highest BCUT2D eigenvalue weighted by Crippen LogP contribution is 2.30. The number of hydrogen-bond acceptors (Lipinski definition) is 3.